The van der Waals surface area contributed by atoms with Crippen molar-refractivity contribution in [1.82, 2.24) is 0 Å². The molecule has 0 saturated heterocycles. The van der Waals surface area contributed by atoms with Gasteiger partial charge >= 0.3 is 12.1 Å². The van der Waals surface area contributed by atoms with Crippen LogP contribution in [0, 0.1) is 0 Å². The van der Waals surface area contributed by atoms with Crippen molar-refractivity contribution >= 4 is 17.7 Å². The molecule has 19 heavy (non-hydrogen) atoms. The fraction of sp³-hybridized carbons (Fsp3) is 0.462. The molecule has 6 heteroatoms. The van der Waals surface area contributed by atoms with Crippen LogP contribution in [0.2, 0.25) is 0 Å². The maximum atomic E-state index is 12.9. The van der Waals surface area contributed by atoms with E-state index in [9.17, 15) is 18.0 Å². The first-order valence-corrected chi connectivity index (χ1v) is 6.75. The molecule has 106 valence electrons. The quantitative estimate of drug-likeness (QED) is 0.597. The van der Waals surface area contributed by atoms with Gasteiger partial charge in [0.25, 0.3) is 0 Å². The number of rotatable bonds is 2. The number of hydrogen-bond donors (Lipinski definition) is 0. The molecule has 0 unspecified atom stereocenters. The zero-order valence-corrected chi connectivity index (χ0v) is 11.9. The van der Waals surface area contributed by atoms with E-state index in [0.29, 0.717) is 0 Å². The molecule has 1 aromatic carbocycles. The zero-order chi connectivity index (χ0) is 14.8. The highest BCUT2D eigenvalue weighted by Crippen LogP contribution is 2.36. The monoisotopic (exact) mass is 292 g/mol. The van der Waals surface area contributed by atoms with Crippen molar-refractivity contribution in [2.24, 2.45) is 0 Å². The molecule has 0 radical (unpaired) electrons. The van der Waals surface area contributed by atoms with E-state index >= 15 is 0 Å². The first-order chi connectivity index (χ1) is 8.54. The molecule has 0 aliphatic carbocycles. The maximum absolute atomic E-state index is 12.9. The van der Waals surface area contributed by atoms with E-state index in [-0.39, 0.29) is 10.5 Å². The van der Waals surface area contributed by atoms with Crippen molar-refractivity contribution in [3.8, 4) is 0 Å². The third-order valence-electron chi connectivity index (χ3n) is 2.14. The standard InChI is InChI=1S/C13H15F3O2S/c1-12(2,3)18-11(17)8-5-6-10(19-4)9(7-8)13(14,15)16/h5-7H,1-4H3. The first-order valence-electron chi connectivity index (χ1n) is 5.53. The second-order valence-electron chi connectivity index (χ2n) is 4.91. The third-order valence-corrected chi connectivity index (χ3v) is 2.94. The smallest absolute Gasteiger partial charge is 0.417 e. The van der Waals surface area contributed by atoms with Crippen LogP contribution in [-0.4, -0.2) is 17.8 Å². The molecule has 2 nitrogen and oxygen atoms in total. The summed E-state index contributed by atoms with van der Waals surface area (Å²) >= 11 is 0.984. The van der Waals surface area contributed by atoms with Crippen LogP contribution in [0.5, 0.6) is 0 Å². The number of thioether (sulfide) groups is 1. The number of carbonyl (C=O) groups excluding carboxylic acids is 1. The largest absolute Gasteiger partial charge is 0.456 e. The van der Waals surface area contributed by atoms with Crippen molar-refractivity contribution in [3.05, 3.63) is 29.3 Å². The predicted molar refractivity (Wildman–Crippen MR) is 68.4 cm³/mol. The highest BCUT2D eigenvalue weighted by Gasteiger charge is 2.34. The van der Waals surface area contributed by atoms with Crippen LogP contribution in [0.15, 0.2) is 23.1 Å². The van der Waals surface area contributed by atoms with Gasteiger partial charge in [-0.3, -0.25) is 0 Å². The average Bonchev–Trinajstić information content (AvgIpc) is 2.24. The van der Waals surface area contributed by atoms with Crippen LogP contribution < -0.4 is 0 Å². The minimum atomic E-state index is -4.49. The van der Waals surface area contributed by atoms with Gasteiger partial charge < -0.3 is 4.74 Å². The number of esters is 1. The lowest BCUT2D eigenvalue weighted by molar-refractivity contribution is -0.139. The van der Waals surface area contributed by atoms with Gasteiger partial charge in [0.15, 0.2) is 0 Å². The minimum Gasteiger partial charge on any atom is -0.456 e. The first kappa shape index (κ1) is 15.9. The van der Waals surface area contributed by atoms with Gasteiger partial charge in [0.05, 0.1) is 11.1 Å². The summed E-state index contributed by atoms with van der Waals surface area (Å²) in [5.74, 6) is -0.759. The van der Waals surface area contributed by atoms with Gasteiger partial charge in [0.1, 0.15) is 5.60 Å². The van der Waals surface area contributed by atoms with E-state index in [1.54, 1.807) is 27.0 Å². The fourth-order valence-electron chi connectivity index (χ4n) is 1.39. The average molecular weight is 292 g/mol. The fourth-order valence-corrected chi connectivity index (χ4v) is 1.99. The van der Waals surface area contributed by atoms with Crippen LogP contribution in [-0.2, 0) is 10.9 Å². The topological polar surface area (TPSA) is 26.3 Å². The molecule has 0 atom stereocenters. The predicted octanol–water partition coefficient (Wildman–Crippen LogP) is 4.38. The highest BCUT2D eigenvalue weighted by molar-refractivity contribution is 7.98. The molecule has 0 spiro atoms. The number of hydrogen-bond acceptors (Lipinski definition) is 3. The van der Waals surface area contributed by atoms with Crippen LogP contribution in [0.4, 0.5) is 13.2 Å². The Morgan fingerprint density at radius 2 is 1.79 bits per heavy atom. The van der Waals surface area contributed by atoms with E-state index in [0.717, 1.165) is 17.8 Å². The van der Waals surface area contributed by atoms with Gasteiger partial charge in [-0.2, -0.15) is 13.2 Å². The van der Waals surface area contributed by atoms with Crippen molar-refractivity contribution in [3.63, 3.8) is 0 Å². The molecule has 0 aromatic heterocycles. The van der Waals surface area contributed by atoms with Crippen molar-refractivity contribution in [1.29, 1.82) is 0 Å². The van der Waals surface area contributed by atoms with E-state index < -0.39 is 23.3 Å². The number of alkyl halides is 3. The normalized spacial score (nSPS) is 12.4. The summed E-state index contributed by atoms with van der Waals surface area (Å²) < 4.78 is 43.6. The lowest BCUT2D eigenvalue weighted by atomic mass is 10.1. The number of benzene rings is 1. The number of ether oxygens (including phenoxy) is 1. The summed E-state index contributed by atoms with van der Waals surface area (Å²) in [6, 6.07) is 3.46. The van der Waals surface area contributed by atoms with Gasteiger partial charge in [-0.25, -0.2) is 4.79 Å². The molecule has 1 rings (SSSR count). The van der Waals surface area contributed by atoms with Gasteiger partial charge in [-0.15, -0.1) is 11.8 Å². The molecular weight excluding hydrogens is 277 g/mol. The molecule has 0 amide bonds. The lowest BCUT2D eigenvalue weighted by Gasteiger charge is -2.20. The van der Waals surface area contributed by atoms with Gasteiger partial charge in [0.2, 0.25) is 0 Å². The highest BCUT2D eigenvalue weighted by atomic mass is 32.2. The molecular formula is C13H15F3O2S. The minimum absolute atomic E-state index is 0.0832. The molecule has 0 fully saturated rings. The summed E-state index contributed by atoms with van der Waals surface area (Å²) in [4.78, 5) is 11.8. The molecule has 0 heterocycles. The Morgan fingerprint density at radius 1 is 1.21 bits per heavy atom. The van der Waals surface area contributed by atoms with Crippen molar-refractivity contribution in [2.75, 3.05) is 6.26 Å². The Hall–Kier alpha value is -1.17. The summed E-state index contributed by atoms with van der Waals surface area (Å²) in [7, 11) is 0. The zero-order valence-electron chi connectivity index (χ0n) is 11.1. The Bertz CT molecular complexity index is 476. The number of halogens is 3. The molecule has 1 aromatic rings. The van der Waals surface area contributed by atoms with Gasteiger partial charge in [-0.05, 0) is 45.2 Å². The van der Waals surface area contributed by atoms with Crippen LogP contribution in [0.3, 0.4) is 0 Å². The van der Waals surface area contributed by atoms with Gasteiger partial charge in [-0.1, -0.05) is 0 Å². The van der Waals surface area contributed by atoms with Gasteiger partial charge in [0, 0.05) is 4.90 Å². The summed E-state index contributed by atoms with van der Waals surface area (Å²) in [5, 5.41) is 0. The third kappa shape index (κ3) is 4.45. The summed E-state index contributed by atoms with van der Waals surface area (Å²) in [6.07, 6.45) is -2.94. The SMILES string of the molecule is CSc1ccc(C(=O)OC(C)(C)C)cc1C(F)(F)F. The van der Waals surface area contributed by atoms with Crippen LogP contribution in [0.25, 0.3) is 0 Å². The second kappa shape index (κ2) is 5.45. The Morgan fingerprint density at radius 3 is 2.21 bits per heavy atom. The van der Waals surface area contributed by atoms with Crippen molar-refractivity contribution < 1.29 is 22.7 Å². The molecule has 0 bridgehead atoms. The molecule has 0 saturated carbocycles. The van der Waals surface area contributed by atoms with Crippen LogP contribution >= 0.6 is 11.8 Å². The Balaban J connectivity index is 3.16. The van der Waals surface area contributed by atoms with E-state index in [4.69, 9.17) is 4.74 Å². The lowest BCUT2D eigenvalue weighted by Crippen LogP contribution is -2.24. The van der Waals surface area contributed by atoms with E-state index in [1.807, 2.05) is 0 Å². The molecule has 0 aliphatic heterocycles. The number of carbonyl (C=O) groups is 1. The van der Waals surface area contributed by atoms with Crippen molar-refractivity contribution in [2.45, 2.75) is 37.4 Å². The summed E-state index contributed by atoms with van der Waals surface area (Å²) in [6.45, 7) is 4.98. The Kier molecular flexibility index (Phi) is 4.55. The maximum Gasteiger partial charge on any atom is 0.417 e. The second-order valence-corrected chi connectivity index (χ2v) is 5.76. The van der Waals surface area contributed by atoms with E-state index in [1.165, 1.54) is 12.1 Å². The molecule has 0 N–H and O–H groups in total. The molecule has 0 aliphatic rings. The van der Waals surface area contributed by atoms with Crippen LogP contribution in [0.1, 0.15) is 36.7 Å². The Labute approximate surface area is 114 Å². The summed E-state index contributed by atoms with van der Waals surface area (Å²) in [5.41, 5.74) is -1.66. The van der Waals surface area contributed by atoms with E-state index in [2.05, 4.69) is 0 Å².